The number of para-hydroxylation sites is 1. The predicted molar refractivity (Wildman–Crippen MR) is 92.4 cm³/mol. The van der Waals surface area contributed by atoms with Gasteiger partial charge in [-0.15, -0.1) is 0 Å². The van der Waals surface area contributed by atoms with Crippen LogP contribution in [0, 0.1) is 0 Å². The van der Waals surface area contributed by atoms with Crippen molar-refractivity contribution in [1.82, 2.24) is 5.32 Å². The topological polar surface area (TPSA) is 41.6 Å². The zero-order valence-corrected chi connectivity index (χ0v) is 13.6. The van der Waals surface area contributed by atoms with Crippen molar-refractivity contribution in [3.8, 4) is 5.75 Å². The zero-order valence-electron chi connectivity index (χ0n) is 13.6. The molecule has 1 amide bonds. The van der Waals surface area contributed by atoms with Crippen LogP contribution in [0.15, 0.2) is 48.5 Å². The van der Waals surface area contributed by atoms with E-state index in [0.29, 0.717) is 24.6 Å². The molecule has 0 saturated heterocycles. The molecule has 23 heavy (non-hydrogen) atoms. The van der Waals surface area contributed by atoms with Crippen LogP contribution in [0.3, 0.4) is 0 Å². The van der Waals surface area contributed by atoms with Gasteiger partial charge in [-0.1, -0.05) is 24.3 Å². The van der Waals surface area contributed by atoms with E-state index in [-0.39, 0.29) is 5.91 Å². The van der Waals surface area contributed by atoms with Crippen LogP contribution in [0.5, 0.6) is 5.75 Å². The quantitative estimate of drug-likeness (QED) is 0.944. The number of carbonyl (C=O) groups excluding carboxylic acids is 1. The van der Waals surface area contributed by atoms with Gasteiger partial charge in [-0.3, -0.25) is 4.79 Å². The number of ether oxygens (including phenoxy) is 1. The van der Waals surface area contributed by atoms with E-state index in [4.69, 9.17) is 4.74 Å². The highest BCUT2D eigenvalue weighted by atomic mass is 16.5. The molecule has 2 aromatic rings. The first-order chi connectivity index (χ1) is 11.1. The molecule has 1 N–H and O–H groups in total. The van der Waals surface area contributed by atoms with E-state index in [0.717, 1.165) is 17.9 Å². The predicted octanol–water partition coefficient (Wildman–Crippen LogP) is 3.05. The van der Waals surface area contributed by atoms with Crippen LogP contribution in [-0.4, -0.2) is 33.2 Å². The molecule has 0 radical (unpaired) electrons. The van der Waals surface area contributed by atoms with Crippen molar-refractivity contribution in [2.75, 3.05) is 32.1 Å². The maximum absolute atomic E-state index is 12.4. The Morgan fingerprint density at radius 1 is 1.22 bits per heavy atom. The lowest BCUT2D eigenvalue weighted by atomic mass is 9.93. The van der Waals surface area contributed by atoms with Crippen LogP contribution in [-0.2, 0) is 0 Å². The summed E-state index contributed by atoms with van der Waals surface area (Å²) in [7, 11) is 3.94. The second-order valence-electron chi connectivity index (χ2n) is 6.03. The number of anilines is 1. The SMILES string of the molecule is CN(C)c1cccc(C(=O)NCC2CCOc3ccccc32)c1. The molecule has 3 rings (SSSR count). The molecule has 120 valence electrons. The summed E-state index contributed by atoms with van der Waals surface area (Å²) in [5.74, 6) is 1.21. The first-order valence-corrected chi connectivity index (χ1v) is 7.92. The molecular weight excluding hydrogens is 288 g/mol. The fourth-order valence-electron chi connectivity index (χ4n) is 2.87. The average molecular weight is 310 g/mol. The van der Waals surface area contributed by atoms with Gasteiger partial charge in [0.1, 0.15) is 5.75 Å². The van der Waals surface area contributed by atoms with E-state index in [1.807, 2.05) is 61.5 Å². The highest BCUT2D eigenvalue weighted by Crippen LogP contribution is 2.32. The highest BCUT2D eigenvalue weighted by molar-refractivity contribution is 5.95. The van der Waals surface area contributed by atoms with E-state index >= 15 is 0 Å². The molecule has 4 nitrogen and oxygen atoms in total. The molecule has 1 aliphatic rings. The van der Waals surface area contributed by atoms with Crippen molar-refractivity contribution in [3.63, 3.8) is 0 Å². The van der Waals surface area contributed by atoms with Crippen molar-refractivity contribution in [2.45, 2.75) is 12.3 Å². The summed E-state index contributed by atoms with van der Waals surface area (Å²) in [6.45, 7) is 1.33. The van der Waals surface area contributed by atoms with Gasteiger partial charge >= 0.3 is 0 Å². The minimum absolute atomic E-state index is 0.0299. The highest BCUT2D eigenvalue weighted by Gasteiger charge is 2.21. The number of amides is 1. The Bertz CT molecular complexity index is 697. The van der Waals surface area contributed by atoms with Crippen LogP contribution < -0.4 is 15.0 Å². The maximum atomic E-state index is 12.4. The van der Waals surface area contributed by atoms with Crippen molar-refractivity contribution in [2.24, 2.45) is 0 Å². The van der Waals surface area contributed by atoms with Gasteiger partial charge in [0.15, 0.2) is 0 Å². The summed E-state index contributed by atoms with van der Waals surface area (Å²) in [6.07, 6.45) is 0.926. The van der Waals surface area contributed by atoms with Crippen molar-refractivity contribution in [3.05, 3.63) is 59.7 Å². The number of carbonyl (C=O) groups is 1. The van der Waals surface area contributed by atoms with E-state index < -0.39 is 0 Å². The van der Waals surface area contributed by atoms with Crippen molar-refractivity contribution in [1.29, 1.82) is 0 Å². The molecule has 1 unspecified atom stereocenters. The summed E-state index contributed by atoms with van der Waals surface area (Å²) in [4.78, 5) is 14.4. The number of nitrogens with one attached hydrogen (secondary N) is 1. The summed E-state index contributed by atoms with van der Waals surface area (Å²) in [5, 5.41) is 3.06. The Morgan fingerprint density at radius 2 is 2.04 bits per heavy atom. The lowest BCUT2D eigenvalue weighted by molar-refractivity contribution is 0.0948. The van der Waals surface area contributed by atoms with Crippen LogP contribution in [0.1, 0.15) is 28.3 Å². The first kappa shape index (κ1) is 15.4. The lowest BCUT2D eigenvalue weighted by Crippen LogP contribution is -2.30. The molecule has 4 heteroatoms. The second kappa shape index (κ2) is 6.73. The first-order valence-electron chi connectivity index (χ1n) is 7.92. The summed E-state index contributed by atoms with van der Waals surface area (Å²) in [6, 6.07) is 15.7. The number of rotatable bonds is 4. The van der Waals surface area contributed by atoms with Crippen LogP contribution in [0.2, 0.25) is 0 Å². The number of fused-ring (bicyclic) bond motifs is 1. The minimum Gasteiger partial charge on any atom is -0.493 e. The molecule has 0 saturated carbocycles. The fourth-order valence-corrected chi connectivity index (χ4v) is 2.87. The number of hydrogen-bond acceptors (Lipinski definition) is 3. The Hall–Kier alpha value is -2.49. The van der Waals surface area contributed by atoms with Gasteiger partial charge in [0.25, 0.3) is 5.91 Å². The molecule has 2 aromatic carbocycles. The normalized spacial score (nSPS) is 16.2. The Balaban J connectivity index is 1.67. The molecule has 0 aliphatic carbocycles. The fraction of sp³-hybridized carbons (Fsp3) is 0.316. The summed E-state index contributed by atoms with van der Waals surface area (Å²) < 4.78 is 5.67. The van der Waals surface area contributed by atoms with Gasteiger partial charge in [0, 0.05) is 37.8 Å². The van der Waals surface area contributed by atoms with Gasteiger partial charge in [0.2, 0.25) is 0 Å². The van der Waals surface area contributed by atoms with Gasteiger partial charge in [-0.2, -0.15) is 0 Å². The minimum atomic E-state index is -0.0299. The van der Waals surface area contributed by atoms with Crippen LogP contribution in [0.4, 0.5) is 5.69 Å². The Morgan fingerprint density at radius 3 is 2.87 bits per heavy atom. The van der Waals surface area contributed by atoms with E-state index in [1.165, 1.54) is 5.56 Å². The third-order valence-corrected chi connectivity index (χ3v) is 4.22. The zero-order chi connectivity index (χ0) is 16.2. The van der Waals surface area contributed by atoms with Gasteiger partial charge in [0.05, 0.1) is 6.61 Å². The lowest BCUT2D eigenvalue weighted by Gasteiger charge is -2.26. The molecule has 0 aromatic heterocycles. The van der Waals surface area contributed by atoms with Crippen LogP contribution in [0.25, 0.3) is 0 Å². The van der Waals surface area contributed by atoms with Crippen LogP contribution >= 0.6 is 0 Å². The molecule has 1 atom stereocenters. The standard InChI is InChI=1S/C19H22N2O2/c1-21(2)16-7-5-6-14(12-16)19(22)20-13-15-10-11-23-18-9-4-3-8-17(15)18/h3-9,12,15H,10-11,13H2,1-2H3,(H,20,22). The summed E-state index contributed by atoms with van der Waals surface area (Å²) >= 11 is 0. The summed E-state index contributed by atoms with van der Waals surface area (Å²) in [5.41, 5.74) is 2.90. The average Bonchev–Trinajstić information content (AvgIpc) is 2.59. The number of nitrogens with zero attached hydrogens (tertiary/aromatic N) is 1. The molecule has 0 spiro atoms. The monoisotopic (exact) mass is 310 g/mol. The third kappa shape index (κ3) is 3.47. The smallest absolute Gasteiger partial charge is 0.251 e. The van der Waals surface area contributed by atoms with E-state index in [2.05, 4.69) is 11.4 Å². The second-order valence-corrected chi connectivity index (χ2v) is 6.03. The Labute approximate surface area is 137 Å². The maximum Gasteiger partial charge on any atom is 0.251 e. The molecule has 0 fully saturated rings. The molecule has 1 aliphatic heterocycles. The van der Waals surface area contributed by atoms with Gasteiger partial charge in [-0.05, 0) is 36.2 Å². The third-order valence-electron chi connectivity index (χ3n) is 4.22. The van der Waals surface area contributed by atoms with E-state index in [1.54, 1.807) is 0 Å². The molecule has 1 heterocycles. The largest absolute Gasteiger partial charge is 0.493 e. The van der Waals surface area contributed by atoms with Crippen molar-refractivity contribution < 1.29 is 9.53 Å². The molecule has 0 bridgehead atoms. The number of hydrogen-bond donors (Lipinski definition) is 1. The Kier molecular flexibility index (Phi) is 4.51. The van der Waals surface area contributed by atoms with Crippen molar-refractivity contribution >= 4 is 11.6 Å². The molecular formula is C19H22N2O2. The number of benzene rings is 2. The van der Waals surface area contributed by atoms with Gasteiger partial charge in [-0.25, -0.2) is 0 Å². The van der Waals surface area contributed by atoms with E-state index in [9.17, 15) is 4.79 Å². The van der Waals surface area contributed by atoms with Gasteiger partial charge < -0.3 is 15.0 Å².